The summed E-state index contributed by atoms with van der Waals surface area (Å²) in [5.41, 5.74) is 2.72. The second kappa shape index (κ2) is 5.19. The highest BCUT2D eigenvalue weighted by Gasteiger charge is 2.16. The first-order valence-electron chi connectivity index (χ1n) is 6.65. The molecular formula is C16H11ClN2OS2. The summed E-state index contributed by atoms with van der Waals surface area (Å²) in [5, 5.41) is 15.8. The smallest absolute Gasteiger partial charge is 0.120 e. The van der Waals surface area contributed by atoms with Gasteiger partial charge in [0.25, 0.3) is 0 Å². The molecule has 0 fully saturated rings. The molecule has 0 amide bonds. The predicted molar refractivity (Wildman–Crippen MR) is 94.9 cm³/mol. The van der Waals surface area contributed by atoms with Crippen molar-refractivity contribution in [2.75, 3.05) is 5.32 Å². The van der Waals surface area contributed by atoms with Crippen molar-refractivity contribution in [1.82, 2.24) is 4.98 Å². The Labute approximate surface area is 140 Å². The molecule has 0 aliphatic carbocycles. The molecule has 0 bridgehead atoms. The van der Waals surface area contributed by atoms with Crippen LogP contribution < -0.4 is 5.32 Å². The highest BCUT2D eigenvalue weighted by molar-refractivity contribution is 8.03. The molecule has 1 aliphatic heterocycles. The predicted octanol–water partition coefficient (Wildman–Crippen LogP) is 5.48. The van der Waals surface area contributed by atoms with Crippen LogP contribution in [-0.2, 0) is 0 Å². The molecule has 22 heavy (non-hydrogen) atoms. The second-order valence-corrected chi connectivity index (χ2v) is 7.62. The van der Waals surface area contributed by atoms with Crippen molar-refractivity contribution in [3.05, 3.63) is 51.0 Å². The van der Waals surface area contributed by atoms with E-state index in [4.69, 9.17) is 11.6 Å². The van der Waals surface area contributed by atoms with E-state index in [0.29, 0.717) is 0 Å². The summed E-state index contributed by atoms with van der Waals surface area (Å²) in [6.45, 7) is 1.89. The fraction of sp³-hybridized carbons (Fsp3) is 0.0625. The maximum Gasteiger partial charge on any atom is 0.120 e. The van der Waals surface area contributed by atoms with E-state index >= 15 is 0 Å². The van der Waals surface area contributed by atoms with E-state index in [0.717, 1.165) is 41.4 Å². The molecule has 1 aliphatic rings. The first-order chi connectivity index (χ1) is 10.6. The molecule has 4 rings (SSSR count). The molecule has 2 aromatic carbocycles. The van der Waals surface area contributed by atoms with Crippen molar-refractivity contribution in [2.24, 2.45) is 0 Å². The molecule has 0 saturated heterocycles. The summed E-state index contributed by atoms with van der Waals surface area (Å²) in [4.78, 5) is 5.72. The lowest BCUT2D eigenvalue weighted by Gasteiger charge is -1.97. The van der Waals surface area contributed by atoms with Gasteiger partial charge >= 0.3 is 0 Å². The number of rotatable bonds is 1. The minimum Gasteiger partial charge on any atom is -0.508 e. The number of aryl methyl sites for hydroxylation is 1. The number of nitrogens with zero attached hydrogens (tertiary/aromatic N) is 1. The van der Waals surface area contributed by atoms with Crippen LogP contribution in [0, 0.1) is 6.92 Å². The Bertz CT molecular complexity index is 894. The number of benzene rings is 2. The summed E-state index contributed by atoms with van der Waals surface area (Å²) < 4.78 is 1.07. The lowest BCUT2D eigenvalue weighted by atomic mass is 10.2. The number of anilines is 1. The molecule has 0 saturated carbocycles. The molecular weight excluding hydrogens is 336 g/mol. The van der Waals surface area contributed by atoms with Gasteiger partial charge in [0.05, 0.1) is 20.9 Å². The number of halogens is 1. The number of aromatic hydroxyl groups is 1. The molecule has 0 unspecified atom stereocenters. The van der Waals surface area contributed by atoms with Crippen LogP contribution in [0.2, 0.25) is 5.02 Å². The van der Waals surface area contributed by atoms with Gasteiger partial charge in [-0.25, -0.2) is 4.98 Å². The average Bonchev–Trinajstić information content (AvgIpc) is 3.02. The molecule has 0 spiro atoms. The highest BCUT2D eigenvalue weighted by Crippen LogP contribution is 2.43. The minimum absolute atomic E-state index is 0.285. The van der Waals surface area contributed by atoms with Gasteiger partial charge in [-0.05, 0) is 36.8 Å². The topological polar surface area (TPSA) is 45.2 Å². The number of nitrogens with one attached hydrogen (secondary N) is 1. The number of phenols is 1. The molecule has 3 aromatic rings. The quantitative estimate of drug-likeness (QED) is 0.612. The minimum atomic E-state index is 0.285. The normalized spacial score (nSPS) is 15.3. The van der Waals surface area contributed by atoms with E-state index in [1.54, 1.807) is 29.2 Å². The van der Waals surface area contributed by atoms with Crippen LogP contribution in [0.5, 0.6) is 5.75 Å². The maximum absolute atomic E-state index is 9.78. The second-order valence-electron chi connectivity index (χ2n) is 5.03. The van der Waals surface area contributed by atoms with Gasteiger partial charge in [-0.15, -0.1) is 11.3 Å². The number of thiazole rings is 1. The van der Waals surface area contributed by atoms with E-state index in [9.17, 15) is 5.11 Å². The molecule has 110 valence electrons. The van der Waals surface area contributed by atoms with E-state index in [-0.39, 0.29) is 5.75 Å². The zero-order chi connectivity index (χ0) is 15.3. The Kier molecular flexibility index (Phi) is 3.29. The van der Waals surface area contributed by atoms with E-state index in [1.165, 1.54) is 0 Å². The van der Waals surface area contributed by atoms with Crippen molar-refractivity contribution in [3.8, 4) is 5.75 Å². The van der Waals surface area contributed by atoms with E-state index < -0.39 is 0 Å². The Morgan fingerprint density at radius 3 is 3.00 bits per heavy atom. The summed E-state index contributed by atoms with van der Waals surface area (Å²) >= 11 is 9.29. The summed E-state index contributed by atoms with van der Waals surface area (Å²) in [6.07, 6.45) is 2.02. The van der Waals surface area contributed by atoms with Crippen molar-refractivity contribution in [2.45, 2.75) is 11.8 Å². The number of aromatic nitrogens is 1. The van der Waals surface area contributed by atoms with Gasteiger partial charge in [-0.1, -0.05) is 23.4 Å². The lowest BCUT2D eigenvalue weighted by molar-refractivity contribution is 0.472. The SMILES string of the molecule is Cc1cc2sc(/C=C3/Nc4cc(Cl)ccc4S3)nc2cc1O. The third-order valence-corrected chi connectivity index (χ3v) is 5.61. The Morgan fingerprint density at radius 2 is 2.14 bits per heavy atom. The zero-order valence-electron chi connectivity index (χ0n) is 11.6. The first kappa shape index (κ1) is 13.9. The average molecular weight is 347 g/mol. The monoisotopic (exact) mass is 346 g/mol. The van der Waals surface area contributed by atoms with Gasteiger partial charge < -0.3 is 10.4 Å². The van der Waals surface area contributed by atoms with Crippen LogP contribution in [0.3, 0.4) is 0 Å². The number of hydrogen-bond acceptors (Lipinski definition) is 5. The molecule has 0 atom stereocenters. The van der Waals surface area contributed by atoms with Crippen LogP contribution in [0.15, 0.2) is 40.3 Å². The van der Waals surface area contributed by atoms with Gasteiger partial charge in [-0.3, -0.25) is 0 Å². The number of hydrogen-bond donors (Lipinski definition) is 2. The fourth-order valence-corrected chi connectivity index (χ4v) is 4.45. The zero-order valence-corrected chi connectivity index (χ0v) is 13.9. The molecule has 1 aromatic heterocycles. The molecule has 2 heterocycles. The van der Waals surface area contributed by atoms with Crippen LogP contribution in [0.4, 0.5) is 5.69 Å². The van der Waals surface area contributed by atoms with Gasteiger partial charge in [0, 0.05) is 22.1 Å². The highest BCUT2D eigenvalue weighted by atomic mass is 35.5. The van der Waals surface area contributed by atoms with Crippen LogP contribution >= 0.6 is 34.7 Å². The number of phenolic OH excluding ortho intramolecular Hbond substituents is 1. The fourth-order valence-electron chi connectivity index (χ4n) is 2.29. The molecule has 0 radical (unpaired) electrons. The van der Waals surface area contributed by atoms with Gasteiger partial charge in [-0.2, -0.15) is 0 Å². The van der Waals surface area contributed by atoms with Gasteiger partial charge in [0.1, 0.15) is 10.8 Å². The van der Waals surface area contributed by atoms with Crippen molar-refractivity contribution in [3.63, 3.8) is 0 Å². The Balaban J connectivity index is 1.69. The lowest BCUT2D eigenvalue weighted by Crippen LogP contribution is -1.87. The third-order valence-electron chi connectivity index (χ3n) is 3.40. The van der Waals surface area contributed by atoms with Crippen LogP contribution in [-0.4, -0.2) is 10.1 Å². The standard InChI is InChI=1S/C16H11ClN2OS2/c1-8-4-14-11(6-12(8)20)19-16(22-14)7-15-18-10-5-9(17)2-3-13(10)21-15/h2-7,18,20H,1H3/b15-7-. The number of thioether (sulfide) groups is 1. The molecule has 2 N–H and O–H groups in total. The first-order valence-corrected chi connectivity index (χ1v) is 8.66. The van der Waals surface area contributed by atoms with Gasteiger partial charge in [0.15, 0.2) is 0 Å². The Morgan fingerprint density at radius 1 is 1.27 bits per heavy atom. The maximum atomic E-state index is 9.78. The largest absolute Gasteiger partial charge is 0.508 e. The summed E-state index contributed by atoms with van der Waals surface area (Å²) in [7, 11) is 0. The van der Waals surface area contributed by atoms with E-state index in [2.05, 4.69) is 10.3 Å². The van der Waals surface area contributed by atoms with Gasteiger partial charge in [0.2, 0.25) is 0 Å². The third kappa shape index (κ3) is 2.45. The van der Waals surface area contributed by atoms with Crippen molar-refractivity contribution >= 4 is 56.7 Å². The van der Waals surface area contributed by atoms with Crippen LogP contribution in [0.1, 0.15) is 10.6 Å². The van der Waals surface area contributed by atoms with Crippen molar-refractivity contribution in [1.29, 1.82) is 0 Å². The van der Waals surface area contributed by atoms with Crippen LogP contribution in [0.25, 0.3) is 16.3 Å². The van der Waals surface area contributed by atoms with Crippen molar-refractivity contribution < 1.29 is 5.11 Å². The number of fused-ring (bicyclic) bond motifs is 2. The van der Waals surface area contributed by atoms with E-state index in [1.807, 2.05) is 37.3 Å². The summed E-state index contributed by atoms with van der Waals surface area (Å²) in [5.74, 6) is 0.285. The summed E-state index contributed by atoms with van der Waals surface area (Å²) in [6, 6.07) is 9.50. The Hall–Kier alpha value is -1.69. The molecule has 3 nitrogen and oxygen atoms in total. The molecule has 6 heteroatoms.